The van der Waals surface area contributed by atoms with Crippen molar-refractivity contribution in [2.45, 2.75) is 57.4 Å². The summed E-state index contributed by atoms with van der Waals surface area (Å²) in [5, 5.41) is 3.14. The van der Waals surface area contributed by atoms with Gasteiger partial charge in [0, 0.05) is 19.0 Å². The smallest absolute Gasteiger partial charge is 0.220 e. The number of carbonyl (C=O) groups excluding carboxylic acids is 1. The lowest BCUT2D eigenvalue weighted by atomic mass is 9.84. The molecular formula is C13H24N2O. The van der Waals surface area contributed by atoms with Crippen LogP contribution in [0.1, 0.15) is 51.4 Å². The second-order valence-corrected chi connectivity index (χ2v) is 5.46. The summed E-state index contributed by atoms with van der Waals surface area (Å²) in [4.78, 5) is 11.7. The van der Waals surface area contributed by atoms with Gasteiger partial charge in [-0.3, -0.25) is 4.79 Å². The summed E-state index contributed by atoms with van der Waals surface area (Å²) < 4.78 is 0. The van der Waals surface area contributed by atoms with Gasteiger partial charge in [0.1, 0.15) is 0 Å². The van der Waals surface area contributed by atoms with E-state index in [0.29, 0.717) is 18.4 Å². The zero-order valence-corrected chi connectivity index (χ0v) is 10.1. The normalized spacial score (nSPS) is 24.1. The minimum absolute atomic E-state index is 0.225. The minimum atomic E-state index is 0.225. The van der Waals surface area contributed by atoms with E-state index in [4.69, 9.17) is 5.73 Å². The third kappa shape index (κ3) is 3.48. The highest BCUT2D eigenvalue weighted by Crippen LogP contribution is 2.32. The maximum absolute atomic E-state index is 11.7. The van der Waals surface area contributed by atoms with E-state index in [1.807, 2.05) is 0 Å². The van der Waals surface area contributed by atoms with Gasteiger partial charge in [0.05, 0.1) is 0 Å². The molecule has 0 aromatic rings. The number of amides is 1. The summed E-state index contributed by atoms with van der Waals surface area (Å²) in [5.41, 5.74) is 5.78. The highest BCUT2D eigenvalue weighted by Gasteiger charge is 2.28. The first-order valence-electron chi connectivity index (χ1n) is 6.79. The van der Waals surface area contributed by atoms with Crippen LogP contribution in [0.5, 0.6) is 0 Å². The molecule has 3 heteroatoms. The molecule has 0 aromatic carbocycles. The Labute approximate surface area is 98.2 Å². The van der Waals surface area contributed by atoms with E-state index in [0.717, 1.165) is 6.42 Å². The van der Waals surface area contributed by atoms with Gasteiger partial charge in [-0.1, -0.05) is 19.3 Å². The Hall–Kier alpha value is -0.570. The predicted molar refractivity (Wildman–Crippen MR) is 64.9 cm³/mol. The summed E-state index contributed by atoms with van der Waals surface area (Å²) in [5.74, 6) is 1.52. The average molecular weight is 224 g/mol. The molecule has 1 unspecified atom stereocenters. The van der Waals surface area contributed by atoms with E-state index in [-0.39, 0.29) is 11.9 Å². The van der Waals surface area contributed by atoms with Crippen LogP contribution in [0, 0.1) is 11.8 Å². The number of nitrogens with two attached hydrogens (primary N) is 1. The van der Waals surface area contributed by atoms with Crippen molar-refractivity contribution in [3.05, 3.63) is 0 Å². The van der Waals surface area contributed by atoms with Crippen LogP contribution in [0.3, 0.4) is 0 Å². The predicted octanol–water partition coefficient (Wildman–Crippen LogP) is 1.81. The average Bonchev–Trinajstić information content (AvgIpc) is 3.11. The highest BCUT2D eigenvalue weighted by molar-refractivity contribution is 5.76. The van der Waals surface area contributed by atoms with Crippen LogP contribution >= 0.6 is 0 Å². The van der Waals surface area contributed by atoms with Crippen molar-refractivity contribution in [3.8, 4) is 0 Å². The van der Waals surface area contributed by atoms with Gasteiger partial charge in [-0.05, 0) is 37.5 Å². The van der Waals surface area contributed by atoms with E-state index in [1.54, 1.807) is 0 Å². The van der Waals surface area contributed by atoms with Gasteiger partial charge in [-0.15, -0.1) is 0 Å². The molecule has 1 amide bonds. The molecule has 0 spiro atoms. The molecule has 16 heavy (non-hydrogen) atoms. The molecule has 0 heterocycles. The zero-order chi connectivity index (χ0) is 11.4. The molecule has 0 saturated heterocycles. The van der Waals surface area contributed by atoms with Crippen molar-refractivity contribution < 1.29 is 4.79 Å². The third-order valence-electron chi connectivity index (χ3n) is 3.99. The Morgan fingerprint density at radius 1 is 1.19 bits per heavy atom. The van der Waals surface area contributed by atoms with Gasteiger partial charge in [0.2, 0.25) is 5.91 Å². The van der Waals surface area contributed by atoms with Gasteiger partial charge in [0.15, 0.2) is 0 Å². The molecule has 0 aromatic heterocycles. The van der Waals surface area contributed by atoms with Crippen LogP contribution < -0.4 is 11.1 Å². The summed E-state index contributed by atoms with van der Waals surface area (Å²) in [7, 11) is 0. The number of carbonyl (C=O) groups is 1. The van der Waals surface area contributed by atoms with Crippen molar-refractivity contribution in [1.29, 1.82) is 0 Å². The number of rotatable bonds is 5. The Bertz CT molecular complexity index is 232. The molecule has 3 nitrogen and oxygen atoms in total. The summed E-state index contributed by atoms with van der Waals surface area (Å²) in [6, 6.07) is 0.228. The van der Waals surface area contributed by atoms with E-state index >= 15 is 0 Å². The quantitative estimate of drug-likeness (QED) is 0.748. The van der Waals surface area contributed by atoms with Crippen LogP contribution in [0.25, 0.3) is 0 Å². The number of nitrogens with one attached hydrogen (secondary N) is 1. The van der Waals surface area contributed by atoms with E-state index in [1.165, 1.54) is 44.9 Å². The van der Waals surface area contributed by atoms with Crippen LogP contribution in [0.2, 0.25) is 0 Å². The Kier molecular flexibility index (Phi) is 4.22. The first-order chi connectivity index (χ1) is 7.79. The highest BCUT2D eigenvalue weighted by atomic mass is 16.1. The van der Waals surface area contributed by atoms with Crippen molar-refractivity contribution in [2.24, 2.45) is 17.6 Å². The molecule has 1 atom stereocenters. The Morgan fingerprint density at radius 3 is 2.44 bits per heavy atom. The Balaban J connectivity index is 1.76. The van der Waals surface area contributed by atoms with Gasteiger partial charge in [0.25, 0.3) is 0 Å². The monoisotopic (exact) mass is 224 g/mol. The molecule has 0 bridgehead atoms. The molecule has 92 valence electrons. The van der Waals surface area contributed by atoms with Gasteiger partial charge in [-0.2, -0.15) is 0 Å². The zero-order valence-electron chi connectivity index (χ0n) is 10.1. The summed E-state index contributed by atoms with van der Waals surface area (Å²) >= 11 is 0. The Morgan fingerprint density at radius 2 is 1.88 bits per heavy atom. The third-order valence-corrected chi connectivity index (χ3v) is 3.99. The lowest BCUT2D eigenvalue weighted by molar-refractivity contribution is -0.122. The molecule has 2 saturated carbocycles. The minimum Gasteiger partial charge on any atom is -0.352 e. The van der Waals surface area contributed by atoms with E-state index in [9.17, 15) is 4.79 Å². The van der Waals surface area contributed by atoms with Crippen LogP contribution in [-0.2, 0) is 4.79 Å². The summed E-state index contributed by atoms with van der Waals surface area (Å²) in [6.07, 6.45) is 9.65. The molecule has 0 radical (unpaired) electrons. The number of hydrogen-bond donors (Lipinski definition) is 2. The second-order valence-electron chi connectivity index (χ2n) is 5.46. The SMILES string of the molecule is NCC(NC(=O)CC1CC1)C1CCCCC1. The second kappa shape index (κ2) is 5.67. The molecular weight excluding hydrogens is 200 g/mol. The van der Waals surface area contributed by atoms with Gasteiger partial charge < -0.3 is 11.1 Å². The molecule has 0 aliphatic heterocycles. The van der Waals surface area contributed by atoms with Crippen LogP contribution in [0.4, 0.5) is 0 Å². The molecule has 2 aliphatic rings. The van der Waals surface area contributed by atoms with E-state index < -0.39 is 0 Å². The first-order valence-corrected chi connectivity index (χ1v) is 6.79. The molecule has 3 N–H and O–H groups in total. The molecule has 2 rings (SSSR count). The molecule has 2 aliphatic carbocycles. The fourth-order valence-corrected chi connectivity index (χ4v) is 2.76. The van der Waals surface area contributed by atoms with Gasteiger partial charge in [-0.25, -0.2) is 0 Å². The van der Waals surface area contributed by atoms with Crippen LogP contribution in [0.15, 0.2) is 0 Å². The lowest BCUT2D eigenvalue weighted by Crippen LogP contribution is -2.46. The fraction of sp³-hybridized carbons (Fsp3) is 0.923. The maximum atomic E-state index is 11.7. The van der Waals surface area contributed by atoms with Gasteiger partial charge >= 0.3 is 0 Å². The van der Waals surface area contributed by atoms with Crippen molar-refractivity contribution in [2.75, 3.05) is 6.54 Å². The van der Waals surface area contributed by atoms with Crippen LogP contribution in [-0.4, -0.2) is 18.5 Å². The summed E-state index contributed by atoms with van der Waals surface area (Å²) in [6.45, 7) is 0.598. The largest absolute Gasteiger partial charge is 0.352 e. The van der Waals surface area contributed by atoms with Crippen molar-refractivity contribution >= 4 is 5.91 Å². The van der Waals surface area contributed by atoms with E-state index in [2.05, 4.69) is 5.32 Å². The lowest BCUT2D eigenvalue weighted by Gasteiger charge is -2.30. The standard InChI is InChI=1S/C13H24N2O/c14-9-12(11-4-2-1-3-5-11)15-13(16)8-10-6-7-10/h10-12H,1-9,14H2,(H,15,16). The van der Waals surface area contributed by atoms with Crippen molar-refractivity contribution in [1.82, 2.24) is 5.32 Å². The topological polar surface area (TPSA) is 55.1 Å². The number of hydrogen-bond acceptors (Lipinski definition) is 2. The fourth-order valence-electron chi connectivity index (χ4n) is 2.76. The maximum Gasteiger partial charge on any atom is 0.220 e. The van der Waals surface area contributed by atoms with Crippen molar-refractivity contribution in [3.63, 3.8) is 0 Å². The first kappa shape index (κ1) is 11.9. The molecule has 2 fully saturated rings.